The van der Waals surface area contributed by atoms with Crippen LogP contribution in [-0.4, -0.2) is 17.5 Å². The number of halogens is 2. The fourth-order valence-corrected chi connectivity index (χ4v) is 1.15. The zero-order valence-corrected chi connectivity index (χ0v) is 8.51. The predicted octanol–water partition coefficient (Wildman–Crippen LogP) is 2.76. The number of nitrogens with zero attached hydrogens (tertiary/aromatic N) is 1. The highest BCUT2D eigenvalue weighted by molar-refractivity contribution is 5.48. The maximum atomic E-state index is 12.2. The molecule has 0 aliphatic heterocycles. The lowest BCUT2D eigenvalue weighted by molar-refractivity contribution is 0.130. The van der Waals surface area contributed by atoms with Crippen molar-refractivity contribution < 1.29 is 8.78 Å². The number of anilines is 1. The van der Waals surface area contributed by atoms with Gasteiger partial charge >= 0.3 is 0 Å². The Kier molecular flexibility index (Phi) is 3.38. The molecule has 1 atom stereocenters. The van der Waals surface area contributed by atoms with Crippen LogP contribution in [0.1, 0.15) is 18.3 Å². The van der Waals surface area contributed by atoms with Crippen LogP contribution in [0.5, 0.6) is 0 Å². The van der Waals surface area contributed by atoms with Crippen molar-refractivity contribution in [2.24, 2.45) is 0 Å². The molecule has 14 heavy (non-hydrogen) atoms. The van der Waals surface area contributed by atoms with Crippen molar-refractivity contribution in [2.45, 2.75) is 33.2 Å². The van der Waals surface area contributed by atoms with Crippen LogP contribution in [-0.2, 0) is 0 Å². The van der Waals surface area contributed by atoms with Crippen LogP contribution in [0.4, 0.5) is 14.5 Å². The second-order valence-electron chi connectivity index (χ2n) is 3.35. The fourth-order valence-electron chi connectivity index (χ4n) is 1.15. The molecule has 0 bridgehead atoms. The minimum absolute atomic E-state index is 0.670. The average molecular weight is 200 g/mol. The van der Waals surface area contributed by atoms with Crippen molar-refractivity contribution >= 4 is 5.69 Å². The lowest BCUT2D eigenvalue weighted by atomic mass is 10.2. The van der Waals surface area contributed by atoms with E-state index in [0.717, 1.165) is 11.4 Å². The maximum absolute atomic E-state index is 12.2. The summed E-state index contributed by atoms with van der Waals surface area (Å²) in [4.78, 5) is 4.18. The van der Waals surface area contributed by atoms with Gasteiger partial charge in [-0.2, -0.15) is 0 Å². The summed E-state index contributed by atoms with van der Waals surface area (Å²) < 4.78 is 24.5. The van der Waals surface area contributed by atoms with Crippen LogP contribution in [0.15, 0.2) is 12.1 Å². The molecule has 4 heteroatoms. The van der Waals surface area contributed by atoms with Gasteiger partial charge in [0.25, 0.3) is 6.43 Å². The molecule has 0 radical (unpaired) electrons. The Bertz CT molecular complexity index is 313. The Labute approximate surface area is 82.4 Å². The minimum atomic E-state index is -2.37. The van der Waals surface area contributed by atoms with Crippen LogP contribution in [0.3, 0.4) is 0 Å². The number of pyridine rings is 1. The molecule has 0 saturated carbocycles. The Morgan fingerprint density at radius 1 is 1.29 bits per heavy atom. The number of rotatable bonds is 3. The smallest absolute Gasteiger partial charge is 0.258 e. The first-order chi connectivity index (χ1) is 6.50. The summed E-state index contributed by atoms with van der Waals surface area (Å²) in [5.74, 6) is 0. The van der Waals surface area contributed by atoms with E-state index in [1.165, 1.54) is 6.92 Å². The topological polar surface area (TPSA) is 24.9 Å². The molecule has 0 aliphatic carbocycles. The Balaban J connectivity index is 2.77. The second kappa shape index (κ2) is 4.35. The number of alkyl halides is 2. The van der Waals surface area contributed by atoms with Crippen LogP contribution in [0.25, 0.3) is 0 Å². The molecular formula is C10H14F2N2. The Hall–Kier alpha value is -1.19. The van der Waals surface area contributed by atoms with E-state index in [9.17, 15) is 8.78 Å². The third kappa shape index (κ3) is 2.65. The molecule has 0 aromatic carbocycles. The quantitative estimate of drug-likeness (QED) is 0.811. The molecule has 78 valence electrons. The van der Waals surface area contributed by atoms with Crippen molar-refractivity contribution in [3.05, 3.63) is 23.5 Å². The number of aromatic nitrogens is 1. The van der Waals surface area contributed by atoms with Gasteiger partial charge in [0, 0.05) is 5.69 Å². The van der Waals surface area contributed by atoms with Crippen molar-refractivity contribution in [3.63, 3.8) is 0 Å². The van der Waals surface area contributed by atoms with Gasteiger partial charge in [0.05, 0.1) is 17.4 Å². The van der Waals surface area contributed by atoms with Crippen LogP contribution in [0.2, 0.25) is 0 Å². The van der Waals surface area contributed by atoms with Gasteiger partial charge in [-0.05, 0) is 32.9 Å². The molecule has 0 amide bonds. The van der Waals surface area contributed by atoms with E-state index in [1.54, 1.807) is 19.1 Å². The van der Waals surface area contributed by atoms with E-state index in [2.05, 4.69) is 10.3 Å². The van der Waals surface area contributed by atoms with Gasteiger partial charge in [0.15, 0.2) is 0 Å². The summed E-state index contributed by atoms with van der Waals surface area (Å²) in [7, 11) is 0. The molecule has 0 fully saturated rings. The van der Waals surface area contributed by atoms with Crippen LogP contribution >= 0.6 is 0 Å². The molecule has 1 unspecified atom stereocenters. The first-order valence-electron chi connectivity index (χ1n) is 4.49. The van der Waals surface area contributed by atoms with Gasteiger partial charge < -0.3 is 5.32 Å². The predicted molar refractivity (Wildman–Crippen MR) is 52.8 cm³/mol. The van der Waals surface area contributed by atoms with E-state index in [4.69, 9.17) is 0 Å². The van der Waals surface area contributed by atoms with Crippen molar-refractivity contribution in [3.8, 4) is 0 Å². The monoisotopic (exact) mass is 200 g/mol. The summed E-state index contributed by atoms with van der Waals surface area (Å²) in [6.45, 7) is 5.12. The van der Waals surface area contributed by atoms with Crippen molar-refractivity contribution in [1.82, 2.24) is 4.98 Å². The molecule has 0 aliphatic rings. The summed E-state index contributed by atoms with van der Waals surface area (Å²) in [5.41, 5.74) is 2.30. The minimum Gasteiger partial charge on any atom is -0.375 e. The van der Waals surface area contributed by atoms with E-state index in [0.29, 0.717) is 5.69 Å². The van der Waals surface area contributed by atoms with Gasteiger partial charge in [-0.15, -0.1) is 0 Å². The lowest BCUT2D eigenvalue weighted by Gasteiger charge is -2.15. The first kappa shape index (κ1) is 10.9. The first-order valence-corrected chi connectivity index (χ1v) is 4.49. The largest absolute Gasteiger partial charge is 0.375 e. The van der Waals surface area contributed by atoms with Gasteiger partial charge in [-0.3, -0.25) is 4.98 Å². The molecule has 0 spiro atoms. The zero-order chi connectivity index (χ0) is 10.7. The molecular weight excluding hydrogens is 186 g/mol. The molecule has 0 saturated heterocycles. The molecule has 2 nitrogen and oxygen atoms in total. The molecule has 1 heterocycles. The summed E-state index contributed by atoms with van der Waals surface area (Å²) >= 11 is 0. The van der Waals surface area contributed by atoms with Crippen molar-refractivity contribution in [2.75, 3.05) is 5.32 Å². The SMILES string of the molecule is Cc1ccc(NC(C)C(F)F)c(C)n1. The van der Waals surface area contributed by atoms with Gasteiger partial charge in [-0.25, -0.2) is 8.78 Å². The summed E-state index contributed by atoms with van der Waals surface area (Å²) in [5, 5.41) is 2.72. The van der Waals surface area contributed by atoms with Crippen molar-refractivity contribution in [1.29, 1.82) is 0 Å². The summed E-state index contributed by atoms with van der Waals surface area (Å²) in [6, 6.07) is 2.72. The standard InChI is InChI=1S/C10H14F2N2/c1-6-4-5-9(7(2)13-6)14-8(3)10(11)12/h4-5,8,10,14H,1-3H3. The summed E-state index contributed by atoms with van der Waals surface area (Å²) in [6.07, 6.45) is -2.37. The average Bonchev–Trinajstić information content (AvgIpc) is 2.09. The number of aryl methyl sites for hydroxylation is 2. The van der Waals surface area contributed by atoms with E-state index in [-0.39, 0.29) is 0 Å². The molecule has 1 rings (SSSR count). The third-order valence-corrected chi connectivity index (χ3v) is 1.99. The number of hydrogen-bond acceptors (Lipinski definition) is 2. The maximum Gasteiger partial charge on any atom is 0.258 e. The van der Waals surface area contributed by atoms with Gasteiger partial charge in [-0.1, -0.05) is 0 Å². The fraction of sp³-hybridized carbons (Fsp3) is 0.500. The van der Waals surface area contributed by atoms with E-state index in [1.807, 2.05) is 6.92 Å². The van der Waals surface area contributed by atoms with Crippen LogP contribution in [0, 0.1) is 13.8 Å². The Morgan fingerprint density at radius 2 is 1.93 bits per heavy atom. The lowest BCUT2D eigenvalue weighted by Crippen LogP contribution is -2.24. The highest BCUT2D eigenvalue weighted by atomic mass is 19.3. The molecule has 1 aromatic rings. The number of nitrogens with one attached hydrogen (secondary N) is 1. The van der Waals surface area contributed by atoms with Crippen LogP contribution < -0.4 is 5.32 Å². The highest BCUT2D eigenvalue weighted by Gasteiger charge is 2.14. The molecule has 1 aromatic heterocycles. The van der Waals surface area contributed by atoms with Gasteiger partial charge in [0.2, 0.25) is 0 Å². The van der Waals surface area contributed by atoms with E-state index < -0.39 is 12.5 Å². The zero-order valence-electron chi connectivity index (χ0n) is 8.51. The Morgan fingerprint density at radius 3 is 2.43 bits per heavy atom. The molecule has 1 N–H and O–H groups in total. The third-order valence-electron chi connectivity index (χ3n) is 1.99. The van der Waals surface area contributed by atoms with Gasteiger partial charge in [0.1, 0.15) is 0 Å². The van der Waals surface area contributed by atoms with E-state index >= 15 is 0 Å². The number of hydrogen-bond donors (Lipinski definition) is 1. The normalized spacial score (nSPS) is 13.0. The highest BCUT2D eigenvalue weighted by Crippen LogP contribution is 2.15. The second-order valence-corrected chi connectivity index (χ2v) is 3.35.